The number of benzene rings is 8. The molecule has 76 heavy (non-hydrogen) atoms. The molecule has 4 N–H and O–H groups in total. The molecule has 384 valence electrons. The van der Waals surface area contributed by atoms with Crippen LogP contribution >= 0.6 is 47.0 Å². The van der Waals surface area contributed by atoms with Crippen LogP contribution in [-0.4, -0.2) is 50.1 Å². The second-order valence-corrected chi connectivity index (χ2v) is 21.9. The summed E-state index contributed by atoms with van der Waals surface area (Å²) in [4.78, 5) is 59.6. The predicted octanol–water partition coefficient (Wildman–Crippen LogP) is 13.9. The van der Waals surface area contributed by atoms with Crippen LogP contribution in [0.4, 0.5) is 22.7 Å². The molecule has 0 aromatic heterocycles. The average molecular weight is 1090 g/mol. The molecule has 0 saturated heterocycles. The maximum atomic E-state index is 13.6. The predicted molar refractivity (Wildman–Crippen MR) is 303 cm³/mol. The Kier molecular flexibility index (Phi) is 17.6. The highest BCUT2D eigenvalue weighted by Gasteiger charge is 2.25. The first-order chi connectivity index (χ1) is 36.9. The van der Waals surface area contributed by atoms with E-state index < -0.39 is 0 Å². The molecule has 12 nitrogen and oxygen atoms in total. The van der Waals surface area contributed by atoms with Gasteiger partial charge in [0.2, 0.25) is 0 Å². The van der Waals surface area contributed by atoms with Crippen molar-refractivity contribution in [1.29, 1.82) is 0 Å². The van der Waals surface area contributed by atoms with E-state index in [9.17, 15) is 19.2 Å². The van der Waals surface area contributed by atoms with E-state index >= 15 is 0 Å². The number of fused-ring (bicyclic) bond motifs is 8. The molecular formula is C60H52N4O8S4. The quantitative estimate of drug-likeness (QED) is 0.0728. The third-order valence-corrected chi connectivity index (χ3v) is 15.7. The lowest BCUT2D eigenvalue weighted by atomic mass is 10.2. The number of aryl methyl sites for hydroxylation is 4. The van der Waals surface area contributed by atoms with E-state index in [1.165, 1.54) is 47.0 Å². The molecule has 1 aliphatic heterocycles. The zero-order valence-corrected chi connectivity index (χ0v) is 45.2. The van der Waals surface area contributed by atoms with Crippen LogP contribution in [0.15, 0.2) is 209 Å². The molecule has 0 unspecified atom stereocenters. The van der Waals surface area contributed by atoms with Gasteiger partial charge >= 0.3 is 0 Å². The Labute approximate surface area is 458 Å². The molecule has 8 aromatic rings. The summed E-state index contributed by atoms with van der Waals surface area (Å²) in [6, 6.07) is 52.8. The lowest BCUT2D eigenvalue weighted by molar-refractivity contribution is -0.118. The summed E-state index contributed by atoms with van der Waals surface area (Å²) in [6.45, 7) is 6.61. The Balaban J connectivity index is 1.12. The zero-order valence-electron chi connectivity index (χ0n) is 41.9. The monoisotopic (exact) mass is 1080 g/mol. The van der Waals surface area contributed by atoms with Crippen molar-refractivity contribution >= 4 is 93.4 Å². The van der Waals surface area contributed by atoms with Gasteiger partial charge in [0.05, 0.1) is 39.2 Å². The van der Waals surface area contributed by atoms with Crippen molar-refractivity contribution in [1.82, 2.24) is 0 Å². The van der Waals surface area contributed by atoms with E-state index in [0.29, 0.717) is 84.9 Å². The van der Waals surface area contributed by atoms with Crippen molar-refractivity contribution in [3.63, 3.8) is 0 Å². The van der Waals surface area contributed by atoms with E-state index in [4.69, 9.17) is 18.9 Å². The number of para-hydroxylation sites is 4. The minimum absolute atomic E-state index is 0.323. The fourth-order valence-corrected chi connectivity index (χ4v) is 12.0. The maximum absolute atomic E-state index is 13.6. The Morgan fingerprint density at radius 3 is 0.632 bits per heavy atom. The van der Waals surface area contributed by atoms with Gasteiger partial charge in [0.15, 0.2) is 26.4 Å². The van der Waals surface area contributed by atoms with Crippen molar-refractivity contribution in [2.24, 2.45) is 0 Å². The number of carbonyl (C=O) groups is 4. The lowest BCUT2D eigenvalue weighted by Gasteiger charge is -2.21. The van der Waals surface area contributed by atoms with Crippen molar-refractivity contribution in [3.05, 3.63) is 192 Å². The Bertz CT molecular complexity index is 2860. The molecule has 0 aliphatic carbocycles. The number of anilines is 4. The zero-order chi connectivity index (χ0) is 53.0. The van der Waals surface area contributed by atoms with Gasteiger partial charge in [0.25, 0.3) is 23.6 Å². The van der Waals surface area contributed by atoms with Gasteiger partial charge in [-0.3, -0.25) is 19.2 Å². The fourth-order valence-electron chi connectivity index (χ4n) is 7.56. The van der Waals surface area contributed by atoms with Gasteiger partial charge in [-0.05, 0) is 125 Å². The van der Waals surface area contributed by atoms with Gasteiger partial charge < -0.3 is 40.2 Å². The highest BCUT2D eigenvalue weighted by Crippen LogP contribution is 2.53. The van der Waals surface area contributed by atoms with Gasteiger partial charge in [0, 0.05) is 22.7 Å². The van der Waals surface area contributed by atoms with Crippen LogP contribution in [0.1, 0.15) is 22.3 Å². The minimum atomic E-state index is -0.363. The molecule has 0 fully saturated rings. The van der Waals surface area contributed by atoms with Gasteiger partial charge in [-0.25, -0.2) is 0 Å². The van der Waals surface area contributed by atoms with Crippen molar-refractivity contribution < 1.29 is 38.1 Å². The second-order valence-electron chi connectivity index (χ2n) is 17.6. The largest absolute Gasteiger partial charge is 0.481 e. The van der Waals surface area contributed by atoms with Crippen LogP contribution in [0.2, 0.25) is 0 Å². The molecule has 8 bridgehead atoms. The number of nitrogens with one attached hydrogen (secondary N) is 4. The maximum Gasteiger partial charge on any atom is 0.262 e. The first-order valence-electron chi connectivity index (χ1n) is 24.1. The summed E-state index contributed by atoms with van der Waals surface area (Å²) in [5.41, 5.74) is 6.76. The van der Waals surface area contributed by atoms with Crippen LogP contribution in [0.3, 0.4) is 0 Å². The molecule has 0 saturated carbocycles. The number of amides is 4. The topological polar surface area (TPSA) is 153 Å². The molecule has 8 aromatic carbocycles. The Morgan fingerprint density at radius 1 is 0.289 bits per heavy atom. The highest BCUT2D eigenvalue weighted by molar-refractivity contribution is 8.01. The summed E-state index contributed by atoms with van der Waals surface area (Å²) in [6.07, 6.45) is 0. The SMILES string of the molecule is Cc1ccc(NC(=O)COc2c3cccc2Sc2cccc(c2OCC(=O)Nc2ccc(C)cc2)Sc2cccc(c2OCC(=O)Nc2ccc(C)cc2)Sc2cccc(c2OCC(=O)Nc2ccc(C)cc2)S3)cc1. The Morgan fingerprint density at radius 2 is 0.461 bits per heavy atom. The molecule has 0 spiro atoms. The normalized spacial score (nSPS) is 11.6. The van der Waals surface area contributed by atoms with Crippen LogP contribution in [0.25, 0.3) is 0 Å². The van der Waals surface area contributed by atoms with Gasteiger partial charge in [-0.1, -0.05) is 142 Å². The molecule has 9 rings (SSSR count). The third kappa shape index (κ3) is 14.3. The number of hydrogen-bond donors (Lipinski definition) is 4. The summed E-state index contributed by atoms with van der Waals surface area (Å²) in [5, 5.41) is 11.8. The Hall–Kier alpha value is -7.76. The van der Waals surface area contributed by atoms with Crippen LogP contribution in [0.5, 0.6) is 23.0 Å². The van der Waals surface area contributed by atoms with Crippen LogP contribution < -0.4 is 40.2 Å². The summed E-state index contributed by atoms with van der Waals surface area (Å²) < 4.78 is 26.2. The van der Waals surface area contributed by atoms with E-state index in [1.807, 2.05) is 198 Å². The molecular weight excluding hydrogens is 1030 g/mol. The first kappa shape index (κ1) is 53.1. The van der Waals surface area contributed by atoms with Gasteiger partial charge in [-0.2, -0.15) is 0 Å². The number of ether oxygens (including phenoxy) is 4. The molecule has 0 atom stereocenters. The summed E-state index contributed by atoms with van der Waals surface area (Å²) in [7, 11) is 0. The van der Waals surface area contributed by atoms with Crippen LogP contribution in [-0.2, 0) is 19.2 Å². The van der Waals surface area contributed by atoms with Gasteiger partial charge in [0.1, 0.15) is 23.0 Å². The van der Waals surface area contributed by atoms with Gasteiger partial charge in [-0.15, -0.1) is 0 Å². The second kappa shape index (κ2) is 25.2. The molecule has 4 amide bonds. The standard InChI is InChI=1S/C60H52N4O8S4/c1-37-17-25-41(26-18-37)61-53(65)33-69-57-45-9-5-10-46(57)74-48-12-7-14-50(59(48)71-35-55(67)63-43-29-21-39(3)22-30-43)76-52-16-8-15-51(60(52)72-36-56(68)64-44-31-23-40(4)24-32-44)75-49-13-6-11-47(73-45)58(49)70-34-54(66)62-42-27-19-38(2)20-28-42/h5-32H,33-36H2,1-4H3,(H,61,65)(H,62,66)(H,63,67)(H,64,68). The average Bonchev–Trinajstić information content (AvgIpc) is 3.41. The number of carbonyl (C=O) groups excluding carboxylic acids is 4. The molecule has 16 heteroatoms. The highest BCUT2D eigenvalue weighted by atomic mass is 32.2. The number of rotatable bonds is 16. The summed E-state index contributed by atoms with van der Waals surface area (Å²) in [5.74, 6) is 0.197. The van der Waals surface area contributed by atoms with Crippen molar-refractivity contribution in [3.8, 4) is 23.0 Å². The number of hydrogen-bond acceptors (Lipinski definition) is 12. The fraction of sp³-hybridized carbons (Fsp3) is 0.133. The lowest BCUT2D eigenvalue weighted by Crippen LogP contribution is -2.21. The molecule has 1 heterocycles. The minimum Gasteiger partial charge on any atom is -0.481 e. The summed E-state index contributed by atoms with van der Waals surface area (Å²) >= 11 is 5.39. The van der Waals surface area contributed by atoms with Crippen LogP contribution in [0, 0.1) is 27.7 Å². The van der Waals surface area contributed by atoms with E-state index in [2.05, 4.69) is 21.3 Å². The van der Waals surface area contributed by atoms with E-state index in [0.717, 1.165) is 22.3 Å². The molecule has 1 aliphatic rings. The first-order valence-corrected chi connectivity index (χ1v) is 27.4. The van der Waals surface area contributed by atoms with E-state index in [1.54, 1.807) is 0 Å². The molecule has 0 radical (unpaired) electrons. The third-order valence-electron chi connectivity index (χ3n) is 11.4. The smallest absolute Gasteiger partial charge is 0.262 e. The van der Waals surface area contributed by atoms with E-state index in [-0.39, 0.29) is 50.1 Å². The van der Waals surface area contributed by atoms with Crippen molar-refractivity contribution in [2.75, 3.05) is 47.7 Å². The van der Waals surface area contributed by atoms with Crippen molar-refractivity contribution in [2.45, 2.75) is 66.9 Å².